The van der Waals surface area contributed by atoms with Crippen molar-refractivity contribution in [2.24, 2.45) is 0 Å². The van der Waals surface area contributed by atoms with E-state index in [9.17, 15) is 14.4 Å². The van der Waals surface area contributed by atoms with Gasteiger partial charge in [0, 0.05) is 13.1 Å². The molecule has 1 unspecified atom stereocenters. The van der Waals surface area contributed by atoms with E-state index in [2.05, 4.69) is 65.7 Å². The van der Waals surface area contributed by atoms with Gasteiger partial charge in [-0.2, -0.15) is 4.98 Å². The minimum Gasteiger partial charge on any atom is -0.497 e. The third-order valence-corrected chi connectivity index (χ3v) is 22.3. The summed E-state index contributed by atoms with van der Waals surface area (Å²) in [5.74, 6) is -0.0805. The minimum absolute atomic E-state index is 0.0591. The molecule has 14 heteroatoms. The van der Waals surface area contributed by atoms with Gasteiger partial charge in [0.15, 0.2) is 6.10 Å². The Morgan fingerprint density at radius 1 is 0.979 bits per heavy atom. The van der Waals surface area contributed by atoms with Gasteiger partial charge in [-0.15, -0.1) is 11.8 Å². The van der Waals surface area contributed by atoms with Crippen LogP contribution in [0.1, 0.15) is 97.3 Å². The van der Waals surface area contributed by atoms with Crippen LogP contribution in [-0.2, 0) is 22.5 Å². The molecular formula is C34H51N3O8SSi2. The molecule has 1 aliphatic carbocycles. The highest BCUT2D eigenvalue weighted by atomic mass is 32.2. The van der Waals surface area contributed by atoms with Crippen LogP contribution in [0.5, 0.6) is 5.75 Å². The standard InChI is InChI=1S/C34H51N3O8SSi2/c1-20(2)47(21(3)4)43-27-12-11-18-34(27)30(44-48(45-47,22(5)6)23(7)8)29(42-32(39)25-13-15-26(41-10)16-14-25)31(46-34)37-19-17-28(35-24(9)38)36-33(37)40/h13-17,19-23,27,29-31H,11-12,18H2,1-10H3,(H,35,36,38,40)/t27-,29-,30+,31-,34?/m1/s1. The number of ether oxygens (including phenoxy) is 2. The number of rotatable bonds is 9. The van der Waals surface area contributed by atoms with E-state index in [0.717, 1.165) is 19.3 Å². The zero-order chi connectivity index (χ0) is 35.2. The number of carbonyl (C=O) groups excluding carboxylic acids is 2. The minimum atomic E-state index is -3.12. The lowest BCUT2D eigenvalue weighted by Gasteiger charge is -2.55. The quantitative estimate of drug-likeness (QED) is 0.216. The summed E-state index contributed by atoms with van der Waals surface area (Å²) < 4.78 is 35.3. The van der Waals surface area contributed by atoms with Crippen molar-refractivity contribution in [3.63, 3.8) is 0 Å². The van der Waals surface area contributed by atoms with Crippen molar-refractivity contribution in [2.75, 3.05) is 12.4 Å². The molecule has 11 nitrogen and oxygen atoms in total. The molecule has 3 heterocycles. The van der Waals surface area contributed by atoms with Gasteiger partial charge in [-0.3, -0.25) is 9.36 Å². The summed E-state index contributed by atoms with van der Waals surface area (Å²) in [7, 11) is -4.45. The zero-order valence-corrected chi connectivity index (χ0v) is 32.6. The Labute approximate surface area is 290 Å². The Kier molecular flexibility index (Phi) is 10.7. The number of methoxy groups -OCH3 is 1. The SMILES string of the molecule is COc1ccc(C(=O)O[C@H]2[C@H](n3ccc(NC(C)=O)nc3=O)SC34CCC[C@H]3O[Si](C(C)C)(C(C)C)O[Si](C(C)C)(C(C)C)O[C@@H]24)cc1. The summed E-state index contributed by atoms with van der Waals surface area (Å²) in [5, 5.41) is 1.91. The predicted molar refractivity (Wildman–Crippen MR) is 191 cm³/mol. The van der Waals surface area contributed by atoms with Crippen LogP contribution in [0.3, 0.4) is 0 Å². The Hall–Kier alpha value is -2.50. The summed E-state index contributed by atoms with van der Waals surface area (Å²) in [6, 6.07) is 8.35. The topological polar surface area (TPSA) is 127 Å². The lowest BCUT2D eigenvalue weighted by molar-refractivity contribution is -0.114. The van der Waals surface area contributed by atoms with Crippen LogP contribution >= 0.6 is 11.8 Å². The highest BCUT2D eigenvalue weighted by molar-refractivity contribution is 8.01. The average molecular weight is 718 g/mol. The number of esters is 1. The van der Waals surface area contributed by atoms with Gasteiger partial charge in [0.2, 0.25) is 5.91 Å². The molecule has 1 aromatic heterocycles. The molecule has 5 atom stereocenters. The molecule has 1 spiro atoms. The van der Waals surface area contributed by atoms with Crippen molar-refractivity contribution in [2.45, 2.75) is 132 Å². The summed E-state index contributed by atoms with van der Waals surface area (Å²) in [5.41, 5.74) is 0.242. The normalized spacial score (nSPS) is 27.8. The van der Waals surface area contributed by atoms with Crippen LogP contribution in [-0.4, -0.2) is 68.7 Å². The van der Waals surface area contributed by atoms with Crippen molar-refractivity contribution >= 4 is 46.6 Å². The van der Waals surface area contributed by atoms with Gasteiger partial charge in [0.25, 0.3) is 0 Å². The van der Waals surface area contributed by atoms with E-state index in [1.54, 1.807) is 55.4 Å². The molecule has 3 fully saturated rings. The van der Waals surface area contributed by atoms with Crippen LogP contribution < -0.4 is 15.7 Å². The second-order valence-corrected chi connectivity index (χ2v) is 24.7. The molecule has 48 heavy (non-hydrogen) atoms. The van der Waals surface area contributed by atoms with Crippen LogP contribution in [0, 0.1) is 0 Å². The summed E-state index contributed by atoms with van der Waals surface area (Å²) in [4.78, 5) is 43.5. The maximum Gasteiger partial charge on any atom is 0.350 e. The Bertz CT molecular complexity index is 1540. The van der Waals surface area contributed by atoms with Gasteiger partial charge in [-0.25, -0.2) is 9.59 Å². The van der Waals surface area contributed by atoms with E-state index in [0.29, 0.717) is 11.3 Å². The number of amides is 1. The van der Waals surface area contributed by atoms with E-state index in [1.807, 2.05) is 0 Å². The van der Waals surface area contributed by atoms with Crippen molar-refractivity contribution in [1.82, 2.24) is 9.55 Å². The van der Waals surface area contributed by atoms with E-state index >= 15 is 0 Å². The fraction of sp³-hybridized carbons (Fsp3) is 0.647. The van der Waals surface area contributed by atoms with Crippen LogP contribution in [0.4, 0.5) is 5.82 Å². The zero-order valence-electron chi connectivity index (χ0n) is 29.8. The monoisotopic (exact) mass is 717 g/mol. The fourth-order valence-corrected chi connectivity index (χ4v) is 21.3. The van der Waals surface area contributed by atoms with Crippen molar-refractivity contribution in [3.8, 4) is 5.75 Å². The van der Waals surface area contributed by atoms with Gasteiger partial charge in [0.1, 0.15) is 23.0 Å². The first-order valence-electron chi connectivity index (χ1n) is 17.1. The Balaban J connectivity index is 1.70. The number of hydrogen-bond acceptors (Lipinski definition) is 10. The maximum atomic E-state index is 13.9. The summed E-state index contributed by atoms with van der Waals surface area (Å²) in [6.07, 6.45) is 2.37. The molecule has 1 aromatic carbocycles. The second-order valence-electron chi connectivity index (χ2n) is 14.4. The number of nitrogens with zero attached hydrogens (tertiary/aromatic N) is 2. The molecular weight excluding hydrogens is 667 g/mol. The van der Waals surface area contributed by atoms with Crippen LogP contribution in [0.15, 0.2) is 41.3 Å². The fourth-order valence-electron chi connectivity index (χ4n) is 7.72. The van der Waals surface area contributed by atoms with Gasteiger partial charge in [0.05, 0.1) is 23.5 Å². The average Bonchev–Trinajstić information content (AvgIpc) is 3.53. The molecule has 0 bridgehead atoms. The molecule has 0 radical (unpaired) electrons. The maximum absolute atomic E-state index is 13.9. The number of nitrogens with one attached hydrogen (secondary N) is 1. The van der Waals surface area contributed by atoms with Gasteiger partial charge >= 0.3 is 28.8 Å². The van der Waals surface area contributed by atoms with Crippen LogP contribution in [0.25, 0.3) is 0 Å². The molecule has 2 aliphatic heterocycles. The first kappa shape index (κ1) is 36.8. The van der Waals surface area contributed by atoms with Gasteiger partial charge in [-0.05, 0) is 71.8 Å². The lowest BCUT2D eigenvalue weighted by Crippen LogP contribution is -2.69. The van der Waals surface area contributed by atoms with Gasteiger partial charge in [-0.1, -0.05) is 55.4 Å². The van der Waals surface area contributed by atoms with Crippen molar-refractivity contribution < 1.29 is 32.0 Å². The Morgan fingerprint density at radius 2 is 1.58 bits per heavy atom. The van der Waals surface area contributed by atoms with Crippen LogP contribution in [0.2, 0.25) is 22.2 Å². The first-order chi connectivity index (χ1) is 22.6. The smallest absolute Gasteiger partial charge is 0.350 e. The third-order valence-electron chi connectivity index (χ3n) is 10.1. The molecule has 264 valence electrons. The molecule has 1 amide bonds. The highest BCUT2D eigenvalue weighted by Crippen LogP contribution is 2.63. The number of carbonyl (C=O) groups is 2. The largest absolute Gasteiger partial charge is 0.497 e. The molecule has 2 aromatic rings. The van der Waals surface area contributed by atoms with Crippen molar-refractivity contribution in [3.05, 3.63) is 52.6 Å². The molecule has 2 saturated heterocycles. The lowest BCUT2D eigenvalue weighted by atomic mass is 9.93. The summed E-state index contributed by atoms with van der Waals surface area (Å²) >= 11 is 1.60. The third kappa shape index (κ3) is 6.44. The van der Waals surface area contributed by atoms with E-state index in [1.165, 1.54) is 11.5 Å². The Morgan fingerprint density at radius 3 is 2.12 bits per heavy atom. The van der Waals surface area contributed by atoms with E-state index < -0.39 is 51.1 Å². The number of aromatic nitrogens is 2. The molecule has 1 saturated carbocycles. The summed E-state index contributed by atoms with van der Waals surface area (Å²) in [6.45, 7) is 18.9. The second kappa shape index (κ2) is 14.0. The van der Waals surface area contributed by atoms with E-state index in [-0.39, 0.29) is 40.0 Å². The molecule has 1 N–H and O–H groups in total. The number of anilines is 1. The van der Waals surface area contributed by atoms with Crippen molar-refractivity contribution in [1.29, 1.82) is 0 Å². The number of benzene rings is 1. The number of thioether (sulfide) groups is 1. The first-order valence-corrected chi connectivity index (χ1v) is 21.9. The van der Waals surface area contributed by atoms with E-state index in [4.69, 9.17) is 22.4 Å². The highest BCUT2D eigenvalue weighted by Gasteiger charge is 2.70. The molecule has 3 aliphatic rings. The predicted octanol–water partition coefficient (Wildman–Crippen LogP) is 6.93. The van der Waals surface area contributed by atoms with Gasteiger partial charge < -0.3 is 27.8 Å². The number of hydrogen-bond donors (Lipinski definition) is 1. The molecule has 5 rings (SSSR count).